The van der Waals surface area contributed by atoms with E-state index in [4.69, 9.17) is 4.42 Å². The van der Waals surface area contributed by atoms with Crippen LogP contribution in [0, 0.1) is 6.92 Å². The highest BCUT2D eigenvalue weighted by atomic mass is 32.2. The second-order valence-electron chi connectivity index (χ2n) is 8.06. The largest absolute Gasteiger partial charge is 0.464 e. The van der Waals surface area contributed by atoms with Crippen molar-refractivity contribution in [3.8, 4) is 0 Å². The molecule has 1 fully saturated rings. The number of nitrogens with one attached hydrogen (secondary N) is 1. The van der Waals surface area contributed by atoms with Crippen LogP contribution in [-0.4, -0.2) is 55.8 Å². The Hall–Kier alpha value is -2.35. The van der Waals surface area contributed by atoms with E-state index in [-0.39, 0.29) is 42.8 Å². The summed E-state index contributed by atoms with van der Waals surface area (Å²) in [5.41, 5.74) is 3.89. The third-order valence-electron chi connectivity index (χ3n) is 5.42. The monoisotopic (exact) mass is 420 g/mol. The van der Waals surface area contributed by atoms with Gasteiger partial charge >= 0.3 is 0 Å². The van der Waals surface area contributed by atoms with Crippen molar-refractivity contribution < 1.29 is 22.4 Å². The number of rotatable bonds is 5. The maximum Gasteiger partial charge on any atom is 0.244 e. The molecule has 1 aromatic heterocycles. The Morgan fingerprint density at radius 3 is 2.45 bits per heavy atom. The highest BCUT2D eigenvalue weighted by Crippen LogP contribution is 2.29. The molecule has 8 heteroatoms. The predicted octanol–water partition coefficient (Wildman–Crippen LogP) is 2.17. The van der Waals surface area contributed by atoms with Gasteiger partial charge in [-0.3, -0.25) is 9.59 Å². The molecular weight excluding hydrogens is 392 g/mol. The Bertz CT molecular complexity index is 1020. The molecule has 2 heterocycles. The van der Waals surface area contributed by atoms with E-state index < -0.39 is 15.9 Å². The van der Waals surface area contributed by atoms with Gasteiger partial charge in [-0.05, 0) is 43.0 Å². The van der Waals surface area contributed by atoms with E-state index in [2.05, 4.69) is 25.2 Å². The van der Waals surface area contributed by atoms with Gasteiger partial charge in [0.05, 0.1) is 24.2 Å². The second-order valence-corrected chi connectivity index (χ2v) is 10.4. The van der Waals surface area contributed by atoms with Gasteiger partial charge in [0.15, 0.2) is 9.84 Å². The first-order valence-electron chi connectivity index (χ1n) is 9.86. The van der Waals surface area contributed by atoms with Gasteiger partial charge in [-0.1, -0.05) is 13.8 Å². The molecule has 0 spiro atoms. The van der Waals surface area contributed by atoms with Crippen molar-refractivity contribution in [1.82, 2.24) is 10.2 Å². The van der Waals surface area contributed by atoms with Crippen LogP contribution in [0.3, 0.4) is 0 Å². The molecule has 1 saturated heterocycles. The first-order chi connectivity index (χ1) is 13.6. The first kappa shape index (κ1) is 21.4. The van der Waals surface area contributed by atoms with Crippen LogP contribution in [0.25, 0.3) is 11.0 Å². The van der Waals surface area contributed by atoms with Crippen molar-refractivity contribution in [2.75, 3.05) is 24.6 Å². The number of benzene rings is 1. The fourth-order valence-electron chi connectivity index (χ4n) is 3.74. The van der Waals surface area contributed by atoms with Crippen LogP contribution in [0.4, 0.5) is 0 Å². The number of hydrogen-bond donors (Lipinski definition) is 1. The van der Waals surface area contributed by atoms with E-state index >= 15 is 0 Å². The number of amides is 2. The zero-order valence-electron chi connectivity index (χ0n) is 17.3. The molecule has 0 saturated carbocycles. The van der Waals surface area contributed by atoms with Crippen molar-refractivity contribution in [2.45, 2.75) is 46.1 Å². The maximum atomic E-state index is 12.5. The quantitative estimate of drug-likeness (QED) is 0.800. The molecule has 1 N–H and O–H groups in total. The molecule has 0 radical (unpaired) electrons. The number of furan rings is 1. The van der Waals surface area contributed by atoms with Crippen LogP contribution in [0.2, 0.25) is 0 Å². The molecule has 1 atom stereocenters. The van der Waals surface area contributed by atoms with Crippen LogP contribution >= 0.6 is 0 Å². The molecule has 29 heavy (non-hydrogen) atoms. The van der Waals surface area contributed by atoms with Crippen LogP contribution in [0.15, 0.2) is 22.8 Å². The fourth-order valence-corrected chi connectivity index (χ4v) is 4.94. The average Bonchev–Trinajstić information content (AvgIpc) is 3.01. The molecule has 158 valence electrons. The van der Waals surface area contributed by atoms with Gasteiger partial charge in [-0.2, -0.15) is 0 Å². The topological polar surface area (TPSA) is 96.7 Å². The summed E-state index contributed by atoms with van der Waals surface area (Å²) in [6.07, 6.45) is 1.70. The Balaban J connectivity index is 1.66. The van der Waals surface area contributed by atoms with E-state index in [9.17, 15) is 18.0 Å². The molecule has 0 bridgehead atoms. The molecule has 1 unspecified atom stereocenters. The third kappa shape index (κ3) is 4.80. The van der Waals surface area contributed by atoms with Gasteiger partial charge in [0.1, 0.15) is 11.6 Å². The Labute approximate surface area is 171 Å². The Morgan fingerprint density at radius 2 is 1.83 bits per heavy atom. The lowest BCUT2D eigenvalue weighted by Gasteiger charge is -2.29. The van der Waals surface area contributed by atoms with Gasteiger partial charge in [-0.15, -0.1) is 0 Å². The number of hydrogen-bond acceptors (Lipinski definition) is 5. The smallest absolute Gasteiger partial charge is 0.244 e. The lowest BCUT2D eigenvalue weighted by atomic mass is 9.95. The minimum Gasteiger partial charge on any atom is -0.464 e. The zero-order chi connectivity index (χ0) is 21.3. The summed E-state index contributed by atoms with van der Waals surface area (Å²) in [6, 6.07) is 3.35. The van der Waals surface area contributed by atoms with Crippen molar-refractivity contribution in [3.63, 3.8) is 0 Å². The standard InChI is InChI=1S/C21H28N2O5S/c1-13(2)17-11-18-16(12-28-19(18)9-14(17)3)10-20(24)22-15(4)21(25)23-5-7-29(26,27)8-6-23/h9,11-13,15H,5-8,10H2,1-4H3,(H,22,24). The van der Waals surface area contributed by atoms with E-state index in [0.717, 1.165) is 22.1 Å². The second kappa shape index (κ2) is 8.18. The van der Waals surface area contributed by atoms with Gasteiger partial charge < -0.3 is 14.6 Å². The van der Waals surface area contributed by atoms with Crippen molar-refractivity contribution in [3.05, 3.63) is 35.1 Å². The minimum atomic E-state index is -3.06. The van der Waals surface area contributed by atoms with Crippen LogP contribution in [-0.2, 0) is 25.8 Å². The van der Waals surface area contributed by atoms with E-state index in [0.29, 0.717) is 5.92 Å². The van der Waals surface area contributed by atoms with Crippen LogP contribution in [0.1, 0.15) is 43.4 Å². The van der Waals surface area contributed by atoms with Crippen molar-refractivity contribution >= 4 is 32.6 Å². The predicted molar refractivity (Wildman–Crippen MR) is 112 cm³/mol. The summed E-state index contributed by atoms with van der Waals surface area (Å²) in [4.78, 5) is 26.5. The first-order valence-corrected chi connectivity index (χ1v) is 11.7. The zero-order valence-corrected chi connectivity index (χ0v) is 18.1. The van der Waals surface area contributed by atoms with E-state index in [1.165, 1.54) is 10.5 Å². The van der Waals surface area contributed by atoms with Gasteiger partial charge in [-0.25, -0.2) is 8.42 Å². The molecule has 7 nitrogen and oxygen atoms in total. The summed E-state index contributed by atoms with van der Waals surface area (Å²) in [5, 5.41) is 3.64. The lowest BCUT2D eigenvalue weighted by molar-refractivity contribution is -0.135. The average molecular weight is 421 g/mol. The van der Waals surface area contributed by atoms with E-state index in [1.807, 2.05) is 13.0 Å². The SMILES string of the molecule is Cc1cc2occ(CC(=O)NC(C)C(=O)N3CCS(=O)(=O)CC3)c2cc1C(C)C. The van der Waals surface area contributed by atoms with Crippen molar-refractivity contribution in [2.24, 2.45) is 0 Å². The highest BCUT2D eigenvalue weighted by Gasteiger charge is 2.28. The lowest BCUT2D eigenvalue weighted by Crippen LogP contribution is -2.51. The number of fused-ring (bicyclic) bond motifs is 1. The summed E-state index contributed by atoms with van der Waals surface area (Å²) < 4.78 is 28.7. The maximum absolute atomic E-state index is 12.5. The molecule has 1 aliphatic heterocycles. The number of carbonyl (C=O) groups excluding carboxylic acids is 2. The summed E-state index contributed by atoms with van der Waals surface area (Å²) in [6.45, 7) is 8.26. The van der Waals surface area contributed by atoms with E-state index in [1.54, 1.807) is 13.2 Å². The molecule has 1 aliphatic rings. The third-order valence-corrected chi connectivity index (χ3v) is 7.03. The molecule has 2 aromatic rings. The fraction of sp³-hybridized carbons (Fsp3) is 0.524. The normalized spacial score (nSPS) is 17.5. The molecular formula is C21H28N2O5S. The highest BCUT2D eigenvalue weighted by molar-refractivity contribution is 7.91. The number of nitrogens with zero attached hydrogens (tertiary/aromatic N) is 1. The molecule has 1 aromatic carbocycles. The summed E-state index contributed by atoms with van der Waals surface area (Å²) in [7, 11) is -3.06. The van der Waals surface area contributed by atoms with Crippen LogP contribution in [0.5, 0.6) is 0 Å². The number of carbonyl (C=O) groups is 2. The molecule has 0 aliphatic carbocycles. The molecule has 2 amide bonds. The summed E-state index contributed by atoms with van der Waals surface area (Å²) >= 11 is 0. The van der Waals surface area contributed by atoms with Gasteiger partial charge in [0, 0.05) is 24.0 Å². The van der Waals surface area contributed by atoms with Crippen LogP contribution < -0.4 is 5.32 Å². The van der Waals surface area contributed by atoms with Crippen molar-refractivity contribution in [1.29, 1.82) is 0 Å². The van der Waals surface area contributed by atoms with Gasteiger partial charge in [0.25, 0.3) is 0 Å². The van der Waals surface area contributed by atoms with Gasteiger partial charge in [0.2, 0.25) is 11.8 Å². The Morgan fingerprint density at radius 1 is 1.17 bits per heavy atom. The molecule has 3 rings (SSSR count). The number of aryl methyl sites for hydroxylation is 1. The minimum absolute atomic E-state index is 0.0297. The Kier molecular flexibility index (Phi) is 6.03. The number of sulfone groups is 1. The summed E-state index contributed by atoms with van der Waals surface area (Å²) in [5.74, 6) is -0.231.